The molecular formula is C25H23N3O4S. The SMILES string of the molecule is CCCCc1ccc2nc(NC(=O)/C=C/c3ccc(-c4ccc([N+](=O)[O-])cc4C)o3)sc2c1. The Bertz CT molecular complexity index is 1350. The van der Waals surface area contributed by atoms with Gasteiger partial charge in [-0.2, -0.15) is 0 Å². The first kappa shape index (κ1) is 22.4. The lowest BCUT2D eigenvalue weighted by molar-refractivity contribution is -0.384. The molecule has 0 bridgehead atoms. The molecule has 4 rings (SSSR count). The van der Waals surface area contributed by atoms with E-state index in [0.717, 1.165) is 40.6 Å². The number of aromatic nitrogens is 1. The van der Waals surface area contributed by atoms with Crippen molar-refractivity contribution in [2.75, 3.05) is 5.32 Å². The Labute approximate surface area is 194 Å². The predicted molar refractivity (Wildman–Crippen MR) is 131 cm³/mol. The van der Waals surface area contributed by atoms with Crippen LogP contribution in [0.25, 0.3) is 27.6 Å². The van der Waals surface area contributed by atoms with E-state index in [9.17, 15) is 14.9 Å². The summed E-state index contributed by atoms with van der Waals surface area (Å²) in [7, 11) is 0. The number of nitro benzene ring substituents is 1. The van der Waals surface area contributed by atoms with Crippen LogP contribution in [-0.4, -0.2) is 15.8 Å². The second-order valence-corrected chi connectivity index (χ2v) is 8.74. The van der Waals surface area contributed by atoms with Crippen molar-refractivity contribution in [1.82, 2.24) is 4.98 Å². The maximum absolute atomic E-state index is 12.4. The summed E-state index contributed by atoms with van der Waals surface area (Å²) < 4.78 is 6.85. The van der Waals surface area contributed by atoms with Gasteiger partial charge >= 0.3 is 0 Å². The molecule has 0 aliphatic carbocycles. The number of rotatable bonds is 8. The van der Waals surface area contributed by atoms with Gasteiger partial charge in [-0.25, -0.2) is 4.98 Å². The molecule has 0 aliphatic rings. The molecule has 0 saturated carbocycles. The molecule has 0 saturated heterocycles. The van der Waals surface area contributed by atoms with Gasteiger partial charge in [-0.15, -0.1) is 0 Å². The molecule has 0 atom stereocenters. The van der Waals surface area contributed by atoms with Crippen LogP contribution in [0.3, 0.4) is 0 Å². The molecular weight excluding hydrogens is 438 g/mol. The van der Waals surface area contributed by atoms with Crippen LogP contribution in [0.4, 0.5) is 10.8 Å². The number of furan rings is 1. The highest BCUT2D eigenvalue weighted by Crippen LogP contribution is 2.29. The number of amides is 1. The van der Waals surface area contributed by atoms with E-state index in [1.807, 2.05) is 6.07 Å². The Morgan fingerprint density at radius 2 is 2.06 bits per heavy atom. The van der Waals surface area contributed by atoms with Crippen LogP contribution >= 0.6 is 11.3 Å². The number of carbonyl (C=O) groups is 1. The fourth-order valence-corrected chi connectivity index (χ4v) is 4.42. The normalized spacial score (nSPS) is 11.3. The van der Waals surface area contributed by atoms with Crippen molar-refractivity contribution in [3.05, 3.63) is 81.6 Å². The third-order valence-corrected chi connectivity index (χ3v) is 6.15. The summed E-state index contributed by atoms with van der Waals surface area (Å²) in [5, 5.41) is 14.3. The lowest BCUT2D eigenvalue weighted by Crippen LogP contribution is -2.07. The summed E-state index contributed by atoms with van der Waals surface area (Å²) in [5.41, 5.74) is 3.68. The van der Waals surface area contributed by atoms with E-state index >= 15 is 0 Å². The summed E-state index contributed by atoms with van der Waals surface area (Å²) in [6, 6.07) is 14.3. The van der Waals surface area contributed by atoms with Crippen molar-refractivity contribution >= 4 is 44.4 Å². The van der Waals surface area contributed by atoms with Crippen LogP contribution in [0.15, 0.2) is 59.0 Å². The maximum Gasteiger partial charge on any atom is 0.269 e. The molecule has 0 fully saturated rings. The molecule has 2 aromatic carbocycles. The highest BCUT2D eigenvalue weighted by molar-refractivity contribution is 7.22. The first-order valence-corrected chi connectivity index (χ1v) is 11.5. The number of fused-ring (bicyclic) bond motifs is 1. The number of carbonyl (C=O) groups excluding carboxylic acids is 1. The molecule has 1 amide bonds. The van der Waals surface area contributed by atoms with Crippen molar-refractivity contribution in [2.45, 2.75) is 33.1 Å². The Morgan fingerprint density at radius 1 is 1.21 bits per heavy atom. The highest BCUT2D eigenvalue weighted by Gasteiger charge is 2.12. The van der Waals surface area contributed by atoms with Crippen LogP contribution < -0.4 is 5.32 Å². The highest BCUT2D eigenvalue weighted by atomic mass is 32.1. The maximum atomic E-state index is 12.4. The van der Waals surface area contributed by atoms with E-state index in [1.165, 1.54) is 35.1 Å². The second kappa shape index (κ2) is 9.79. The van der Waals surface area contributed by atoms with Gasteiger partial charge in [0.05, 0.1) is 15.1 Å². The number of hydrogen-bond donors (Lipinski definition) is 1. The number of hydrogen-bond acceptors (Lipinski definition) is 6. The number of nitro groups is 1. The number of thiazole rings is 1. The van der Waals surface area contributed by atoms with Gasteiger partial charge in [0, 0.05) is 23.8 Å². The van der Waals surface area contributed by atoms with Gasteiger partial charge in [0.15, 0.2) is 5.13 Å². The minimum atomic E-state index is -0.428. The summed E-state index contributed by atoms with van der Waals surface area (Å²) in [6.07, 6.45) is 6.31. The fourth-order valence-electron chi connectivity index (χ4n) is 3.49. The van der Waals surface area contributed by atoms with Crippen molar-refractivity contribution < 1.29 is 14.1 Å². The average molecular weight is 462 g/mol. The standard InChI is InChI=1S/C25H23N3O4S/c1-3-4-5-17-6-11-21-23(15-17)33-25(26-21)27-24(29)13-9-19-8-12-22(32-19)20-10-7-18(28(30)31)14-16(20)2/h6-15H,3-5H2,1-2H3,(H,26,27,29)/b13-9+. The minimum absolute atomic E-state index is 0.0339. The van der Waals surface area contributed by atoms with E-state index in [2.05, 4.69) is 29.4 Å². The predicted octanol–water partition coefficient (Wildman–Crippen LogP) is 6.77. The monoisotopic (exact) mass is 461 g/mol. The Hall–Kier alpha value is -3.78. The summed E-state index contributed by atoms with van der Waals surface area (Å²) in [5.74, 6) is 0.778. The number of nitrogens with one attached hydrogen (secondary N) is 1. The van der Waals surface area contributed by atoms with Crippen LogP contribution in [0.5, 0.6) is 0 Å². The fraction of sp³-hybridized carbons (Fsp3) is 0.200. The Balaban J connectivity index is 1.42. The van der Waals surface area contributed by atoms with Crippen LogP contribution in [0.2, 0.25) is 0 Å². The van der Waals surface area contributed by atoms with E-state index < -0.39 is 4.92 Å². The average Bonchev–Trinajstić information content (AvgIpc) is 3.42. The van der Waals surface area contributed by atoms with E-state index in [1.54, 1.807) is 31.2 Å². The van der Waals surface area contributed by atoms with E-state index in [-0.39, 0.29) is 11.6 Å². The van der Waals surface area contributed by atoms with Gasteiger partial charge < -0.3 is 4.42 Å². The van der Waals surface area contributed by atoms with Gasteiger partial charge in [0.1, 0.15) is 11.5 Å². The van der Waals surface area contributed by atoms with E-state index in [4.69, 9.17) is 4.42 Å². The summed E-state index contributed by atoms with van der Waals surface area (Å²) in [4.78, 5) is 27.3. The molecule has 168 valence electrons. The van der Waals surface area contributed by atoms with Crippen molar-refractivity contribution in [2.24, 2.45) is 0 Å². The van der Waals surface area contributed by atoms with Gasteiger partial charge in [-0.1, -0.05) is 30.7 Å². The molecule has 7 nitrogen and oxygen atoms in total. The van der Waals surface area contributed by atoms with E-state index in [0.29, 0.717) is 16.7 Å². The zero-order valence-corrected chi connectivity index (χ0v) is 19.1. The number of nitrogens with zero attached hydrogens (tertiary/aromatic N) is 2. The lowest BCUT2D eigenvalue weighted by Gasteiger charge is -2.02. The molecule has 0 spiro atoms. The van der Waals surface area contributed by atoms with Crippen LogP contribution in [0.1, 0.15) is 36.7 Å². The van der Waals surface area contributed by atoms with Crippen molar-refractivity contribution in [3.63, 3.8) is 0 Å². The molecule has 2 heterocycles. The zero-order chi connectivity index (χ0) is 23.4. The lowest BCUT2D eigenvalue weighted by atomic mass is 10.1. The number of aryl methyl sites for hydroxylation is 2. The van der Waals surface area contributed by atoms with Crippen LogP contribution in [0, 0.1) is 17.0 Å². The van der Waals surface area contributed by atoms with Crippen LogP contribution in [-0.2, 0) is 11.2 Å². The number of anilines is 1. The smallest absolute Gasteiger partial charge is 0.269 e. The van der Waals surface area contributed by atoms with Gasteiger partial charge in [0.25, 0.3) is 5.69 Å². The quantitative estimate of drug-likeness (QED) is 0.177. The number of benzene rings is 2. The second-order valence-electron chi connectivity index (χ2n) is 7.71. The minimum Gasteiger partial charge on any atom is -0.457 e. The zero-order valence-electron chi connectivity index (χ0n) is 18.3. The summed E-state index contributed by atoms with van der Waals surface area (Å²) >= 11 is 1.45. The van der Waals surface area contributed by atoms with Gasteiger partial charge in [-0.3, -0.25) is 20.2 Å². The Morgan fingerprint density at radius 3 is 2.82 bits per heavy atom. The van der Waals surface area contributed by atoms with Gasteiger partial charge in [0.2, 0.25) is 5.91 Å². The summed E-state index contributed by atoms with van der Waals surface area (Å²) in [6.45, 7) is 3.96. The molecule has 2 aromatic heterocycles. The van der Waals surface area contributed by atoms with Gasteiger partial charge in [-0.05, 0) is 67.3 Å². The molecule has 0 aliphatic heterocycles. The molecule has 8 heteroatoms. The third-order valence-electron chi connectivity index (χ3n) is 5.21. The topological polar surface area (TPSA) is 98.3 Å². The number of non-ortho nitro benzene ring substituents is 1. The molecule has 33 heavy (non-hydrogen) atoms. The largest absolute Gasteiger partial charge is 0.457 e. The van der Waals surface area contributed by atoms with Crippen molar-refractivity contribution in [1.29, 1.82) is 0 Å². The molecule has 1 N–H and O–H groups in total. The molecule has 0 unspecified atom stereocenters. The first-order chi connectivity index (χ1) is 15.9. The first-order valence-electron chi connectivity index (χ1n) is 10.7. The Kier molecular flexibility index (Phi) is 6.65. The molecule has 4 aromatic rings. The third kappa shape index (κ3) is 5.35. The number of unbranched alkanes of at least 4 members (excludes halogenated alkanes) is 1. The van der Waals surface area contributed by atoms with Crippen molar-refractivity contribution in [3.8, 4) is 11.3 Å². The molecule has 0 radical (unpaired) electrons.